The van der Waals surface area contributed by atoms with Crippen LogP contribution >= 0.6 is 34.8 Å². The van der Waals surface area contributed by atoms with Crippen molar-refractivity contribution in [2.45, 2.75) is 61.4 Å². The topological polar surface area (TPSA) is 62.7 Å². The Kier molecular flexibility index (Phi) is 5.61. The van der Waals surface area contributed by atoms with Gasteiger partial charge in [0.25, 0.3) is 0 Å². The zero-order valence-electron chi connectivity index (χ0n) is 15.9. The molecule has 0 spiro atoms. The van der Waals surface area contributed by atoms with Gasteiger partial charge in [0.15, 0.2) is 11.6 Å². The Morgan fingerprint density at radius 3 is 2.11 bits per heavy atom. The molecule has 2 heterocycles. The molecule has 146 valence electrons. The van der Waals surface area contributed by atoms with Gasteiger partial charge in [-0.2, -0.15) is 9.97 Å². The molecular weight excluding hydrogens is 405 g/mol. The third-order valence-electron chi connectivity index (χ3n) is 4.44. The highest BCUT2D eigenvalue weighted by Crippen LogP contribution is 2.37. The number of halogens is 3. The van der Waals surface area contributed by atoms with Crippen LogP contribution in [0.25, 0.3) is 11.4 Å². The summed E-state index contributed by atoms with van der Waals surface area (Å²) in [5.74, 6) is 1.00. The van der Waals surface area contributed by atoms with Crippen molar-refractivity contribution < 1.29 is 0 Å². The lowest BCUT2D eigenvalue weighted by atomic mass is 9.80. The second kappa shape index (κ2) is 7.36. The minimum absolute atomic E-state index is 0.00719. The summed E-state index contributed by atoms with van der Waals surface area (Å²) in [4.78, 5) is 13.3. The minimum atomic E-state index is -1.73. The van der Waals surface area contributed by atoms with E-state index < -0.39 is 3.79 Å². The first-order valence-electron chi connectivity index (χ1n) is 8.88. The van der Waals surface area contributed by atoms with Crippen molar-refractivity contribution >= 4 is 40.8 Å². The predicted octanol–water partition coefficient (Wildman–Crippen LogP) is 5.09. The van der Waals surface area contributed by atoms with Gasteiger partial charge in [0.2, 0.25) is 9.74 Å². The lowest BCUT2D eigenvalue weighted by molar-refractivity contribution is 0.170. The molecule has 0 radical (unpaired) electrons. The van der Waals surface area contributed by atoms with Gasteiger partial charge >= 0.3 is 0 Å². The van der Waals surface area contributed by atoms with E-state index in [9.17, 15) is 0 Å². The molecule has 0 saturated carbocycles. The zero-order chi connectivity index (χ0) is 19.9. The Hall–Kier alpha value is -1.14. The molecule has 1 fully saturated rings. The smallest absolute Gasteiger partial charge is 0.250 e. The number of nitrogens with one attached hydrogen (secondary N) is 2. The van der Waals surface area contributed by atoms with E-state index in [4.69, 9.17) is 34.8 Å². The van der Waals surface area contributed by atoms with E-state index in [1.165, 1.54) is 0 Å². The second-order valence-corrected chi connectivity index (χ2v) is 10.6. The van der Waals surface area contributed by atoms with Crippen molar-refractivity contribution in [3.63, 3.8) is 0 Å². The van der Waals surface area contributed by atoms with E-state index >= 15 is 0 Å². The van der Waals surface area contributed by atoms with Gasteiger partial charge in [0.1, 0.15) is 0 Å². The van der Waals surface area contributed by atoms with Crippen LogP contribution in [0, 0.1) is 0 Å². The molecule has 8 heteroatoms. The van der Waals surface area contributed by atoms with Crippen molar-refractivity contribution in [2.75, 3.05) is 5.32 Å². The Morgan fingerprint density at radius 1 is 0.963 bits per heavy atom. The number of alkyl halides is 3. The van der Waals surface area contributed by atoms with Crippen molar-refractivity contribution in [1.82, 2.24) is 20.3 Å². The number of anilines is 1. The van der Waals surface area contributed by atoms with Crippen LogP contribution in [0.1, 0.15) is 46.4 Å². The molecule has 27 heavy (non-hydrogen) atoms. The van der Waals surface area contributed by atoms with E-state index in [0.29, 0.717) is 11.8 Å². The normalized spacial score (nSPS) is 19.7. The molecule has 5 nitrogen and oxygen atoms in total. The standard InChI is InChI=1S/C19H24Cl3N5/c1-17(2)10-13(11-18(3,4)27-17)23-16-25-14(12-8-6-5-7-9-12)24-15(26-16)19(20,21)22/h5-9,13,27H,10-11H2,1-4H3,(H,23,24,25,26). The Bertz CT molecular complexity index is 787. The lowest BCUT2D eigenvalue weighted by Gasteiger charge is -2.46. The fourth-order valence-corrected chi connectivity index (χ4v) is 4.14. The molecule has 2 N–H and O–H groups in total. The van der Waals surface area contributed by atoms with E-state index in [0.717, 1.165) is 18.4 Å². The first-order chi connectivity index (χ1) is 12.4. The molecule has 0 atom stereocenters. The lowest BCUT2D eigenvalue weighted by Crippen LogP contribution is -2.60. The average Bonchev–Trinajstić information content (AvgIpc) is 2.51. The van der Waals surface area contributed by atoms with E-state index in [1.807, 2.05) is 30.3 Å². The van der Waals surface area contributed by atoms with Crippen LogP contribution in [-0.2, 0) is 3.79 Å². The first-order valence-corrected chi connectivity index (χ1v) is 10.0. The highest BCUT2D eigenvalue weighted by molar-refractivity contribution is 6.66. The van der Waals surface area contributed by atoms with Gasteiger partial charge in [-0.05, 0) is 40.5 Å². The number of hydrogen-bond donors (Lipinski definition) is 2. The fraction of sp³-hybridized carbons (Fsp3) is 0.526. The number of rotatable bonds is 3. The molecule has 1 aliphatic rings. The highest BCUT2D eigenvalue weighted by Gasteiger charge is 2.38. The predicted molar refractivity (Wildman–Crippen MR) is 112 cm³/mol. The van der Waals surface area contributed by atoms with Crippen LogP contribution < -0.4 is 10.6 Å². The Labute approximate surface area is 175 Å². The van der Waals surface area contributed by atoms with E-state index in [1.54, 1.807) is 0 Å². The van der Waals surface area contributed by atoms with Crippen LogP contribution in [0.5, 0.6) is 0 Å². The maximum absolute atomic E-state index is 6.06. The van der Waals surface area contributed by atoms with Crippen LogP contribution in [0.3, 0.4) is 0 Å². The van der Waals surface area contributed by atoms with Crippen molar-refractivity contribution in [3.05, 3.63) is 36.2 Å². The van der Waals surface area contributed by atoms with Gasteiger partial charge in [-0.3, -0.25) is 0 Å². The molecule has 0 unspecified atom stereocenters. The second-order valence-electron chi connectivity index (χ2n) is 8.31. The number of hydrogen-bond acceptors (Lipinski definition) is 5. The maximum Gasteiger partial charge on any atom is 0.250 e. The van der Waals surface area contributed by atoms with Gasteiger partial charge in [0, 0.05) is 22.7 Å². The van der Waals surface area contributed by atoms with Crippen molar-refractivity contribution in [1.29, 1.82) is 0 Å². The Morgan fingerprint density at radius 2 is 1.56 bits per heavy atom. The molecule has 2 aromatic rings. The average molecular weight is 429 g/mol. The Balaban J connectivity index is 1.95. The van der Waals surface area contributed by atoms with Crippen LogP contribution in [-0.4, -0.2) is 32.1 Å². The number of benzene rings is 1. The van der Waals surface area contributed by atoms with Gasteiger partial charge < -0.3 is 10.6 Å². The number of aromatic nitrogens is 3. The monoisotopic (exact) mass is 427 g/mol. The summed E-state index contributed by atoms with van der Waals surface area (Å²) in [5.41, 5.74) is 0.823. The maximum atomic E-state index is 6.06. The number of nitrogens with zero attached hydrogens (tertiary/aromatic N) is 3. The van der Waals surface area contributed by atoms with Gasteiger partial charge in [-0.15, -0.1) is 0 Å². The van der Waals surface area contributed by atoms with Gasteiger partial charge in [0.05, 0.1) is 0 Å². The van der Waals surface area contributed by atoms with E-state index in [2.05, 4.69) is 53.3 Å². The molecule has 1 aliphatic heterocycles. The summed E-state index contributed by atoms with van der Waals surface area (Å²) in [6.07, 6.45) is 1.85. The summed E-state index contributed by atoms with van der Waals surface area (Å²) in [7, 11) is 0. The molecule has 0 amide bonds. The highest BCUT2D eigenvalue weighted by atomic mass is 35.6. The van der Waals surface area contributed by atoms with Crippen molar-refractivity contribution in [2.24, 2.45) is 0 Å². The summed E-state index contributed by atoms with van der Waals surface area (Å²) in [6.45, 7) is 8.77. The largest absolute Gasteiger partial charge is 0.351 e. The summed E-state index contributed by atoms with van der Waals surface area (Å²) in [5, 5.41) is 7.10. The van der Waals surface area contributed by atoms with Gasteiger partial charge in [-0.1, -0.05) is 65.1 Å². The summed E-state index contributed by atoms with van der Waals surface area (Å²) in [6, 6.07) is 9.78. The number of piperidine rings is 1. The molecule has 1 aromatic carbocycles. The third-order valence-corrected chi connectivity index (χ3v) is 4.95. The first kappa shape index (κ1) is 20.6. The molecular formula is C19H24Cl3N5. The van der Waals surface area contributed by atoms with Gasteiger partial charge in [-0.25, -0.2) is 4.98 Å². The van der Waals surface area contributed by atoms with Crippen LogP contribution in [0.2, 0.25) is 0 Å². The summed E-state index contributed by atoms with van der Waals surface area (Å²) >= 11 is 18.2. The van der Waals surface area contributed by atoms with E-state index in [-0.39, 0.29) is 22.9 Å². The SMILES string of the molecule is CC1(C)CC(Nc2nc(-c3ccccc3)nc(C(Cl)(Cl)Cl)n2)CC(C)(C)N1. The molecule has 1 saturated heterocycles. The minimum Gasteiger partial charge on any atom is -0.351 e. The molecule has 0 bridgehead atoms. The molecule has 1 aromatic heterocycles. The van der Waals surface area contributed by atoms with Crippen molar-refractivity contribution in [3.8, 4) is 11.4 Å². The third kappa shape index (κ3) is 5.44. The van der Waals surface area contributed by atoms with Crippen LogP contribution in [0.15, 0.2) is 30.3 Å². The fourth-order valence-electron chi connectivity index (χ4n) is 3.89. The molecule has 0 aliphatic carbocycles. The summed E-state index contributed by atoms with van der Waals surface area (Å²) < 4.78 is -1.73. The quantitative estimate of drug-likeness (QED) is 0.667. The zero-order valence-corrected chi connectivity index (χ0v) is 18.1. The van der Waals surface area contributed by atoms with Crippen LogP contribution in [0.4, 0.5) is 5.95 Å². The molecule has 3 rings (SSSR count).